The van der Waals surface area contributed by atoms with Gasteiger partial charge in [-0.05, 0) is 25.3 Å². The second kappa shape index (κ2) is 5.53. The normalized spacial score (nSPS) is 17.0. The van der Waals surface area contributed by atoms with Crippen LogP contribution < -0.4 is 5.32 Å². The van der Waals surface area contributed by atoms with E-state index in [9.17, 15) is 4.79 Å². The van der Waals surface area contributed by atoms with Crippen molar-refractivity contribution in [3.05, 3.63) is 35.4 Å². The summed E-state index contributed by atoms with van der Waals surface area (Å²) >= 11 is 0. The molecule has 0 spiro atoms. The van der Waals surface area contributed by atoms with Gasteiger partial charge in [0, 0.05) is 13.1 Å². The van der Waals surface area contributed by atoms with E-state index in [4.69, 9.17) is 4.74 Å². The Morgan fingerprint density at radius 3 is 2.78 bits per heavy atom. The number of hydrogen-bond donors (Lipinski definition) is 1. The SMILES string of the molecule is COC(=O)C1(CNCc2cccc(C)c2)CCC1. The molecule has 18 heavy (non-hydrogen) atoms. The van der Waals surface area contributed by atoms with Gasteiger partial charge in [0.05, 0.1) is 12.5 Å². The Labute approximate surface area is 109 Å². The highest BCUT2D eigenvalue weighted by atomic mass is 16.5. The van der Waals surface area contributed by atoms with Crippen molar-refractivity contribution in [2.75, 3.05) is 13.7 Å². The lowest BCUT2D eigenvalue weighted by molar-refractivity contribution is -0.158. The molecule has 0 aliphatic heterocycles. The van der Waals surface area contributed by atoms with Gasteiger partial charge in [-0.1, -0.05) is 36.2 Å². The van der Waals surface area contributed by atoms with E-state index in [2.05, 4.69) is 36.5 Å². The van der Waals surface area contributed by atoms with Crippen LogP contribution in [0.4, 0.5) is 0 Å². The zero-order valence-corrected chi connectivity index (χ0v) is 11.2. The highest BCUT2D eigenvalue weighted by molar-refractivity contribution is 5.78. The van der Waals surface area contributed by atoms with Crippen LogP contribution in [0.2, 0.25) is 0 Å². The average Bonchev–Trinajstić information content (AvgIpc) is 2.32. The molecule has 0 atom stereocenters. The summed E-state index contributed by atoms with van der Waals surface area (Å²) in [4.78, 5) is 11.8. The molecule has 1 fully saturated rings. The van der Waals surface area contributed by atoms with E-state index in [1.807, 2.05) is 0 Å². The molecule has 0 radical (unpaired) electrons. The first-order chi connectivity index (χ1) is 8.66. The van der Waals surface area contributed by atoms with Crippen molar-refractivity contribution < 1.29 is 9.53 Å². The Kier molecular flexibility index (Phi) is 4.02. The minimum absolute atomic E-state index is 0.0644. The van der Waals surface area contributed by atoms with Gasteiger partial charge < -0.3 is 10.1 Å². The third-order valence-corrected chi connectivity index (χ3v) is 3.80. The molecule has 1 aliphatic carbocycles. The summed E-state index contributed by atoms with van der Waals surface area (Å²) in [7, 11) is 1.48. The molecule has 0 aromatic heterocycles. The van der Waals surface area contributed by atoms with E-state index < -0.39 is 0 Å². The third-order valence-electron chi connectivity index (χ3n) is 3.80. The van der Waals surface area contributed by atoms with Crippen LogP contribution in [0.5, 0.6) is 0 Å². The Morgan fingerprint density at radius 2 is 2.22 bits per heavy atom. The molecule has 1 N–H and O–H groups in total. The highest BCUT2D eigenvalue weighted by Gasteiger charge is 2.44. The van der Waals surface area contributed by atoms with Crippen molar-refractivity contribution in [2.24, 2.45) is 5.41 Å². The van der Waals surface area contributed by atoms with Gasteiger partial charge in [0.25, 0.3) is 0 Å². The van der Waals surface area contributed by atoms with Gasteiger partial charge in [0.1, 0.15) is 0 Å². The first-order valence-electron chi connectivity index (χ1n) is 6.51. The lowest BCUT2D eigenvalue weighted by atomic mass is 9.68. The molecule has 0 saturated heterocycles. The van der Waals surface area contributed by atoms with Crippen molar-refractivity contribution in [3.8, 4) is 0 Å². The van der Waals surface area contributed by atoms with Crippen LogP contribution in [0.25, 0.3) is 0 Å². The van der Waals surface area contributed by atoms with Crippen LogP contribution in [0.3, 0.4) is 0 Å². The number of ether oxygens (including phenoxy) is 1. The molecule has 0 heterocycles. The van der Waals surface area contributed by atoms with Crippen LogP contribution in [0.1, 0.15) is 30.4 Å². The highest BCUT2D eigenvalue weighted by Crippen LogP contribution is 2.41. The van der Waals surface area contributed by atoms with Crippen LogP contribution in [-0.4, -0.2) is 19.6 Å². The number of carbonyl (C=O) groups excluding carboxylic acids is 1. The van der Waals surface area contributed by atoms with Crippen LogP contribution in [0.15, 0.2) is 24.3 Å². The molecule has 0 amide bonds. The fraction of sp³-hybridized carbons (Fsp3) is 0.533. The first-order valence-corrected chi connectivity index (χ1v) is 6.51. The lowest BCUT2D eigenvalue weighted by Crippen LogP contribution is -2.46. The summed E-state index contributed by atoms with van der Waals surface area (Å²) < 4.78 is 4.90. The van der Waals surface area contributed by atoms with E-state index in [0.29, 0.717) is 6.54 Å². The van der Waals surface area contributed by atoms with Gasteiger partial charge in [-0.15, -0.1) is 0 Å². The lowest BCUT2D eigenvalue weighted by Gasteiger charge is -2.39. The Balaban J connectivity index is 1.86. The Bertz CT molecular complexity index is 424. The molecular weight excluding hydrogens is 226 g/mol. The maximum atomic E-state index is 11.8. The Hall–Kier alpha value is -1.35. The van der Waals surface area contributed by atoms with E-state index in [1.165, 1.54) is 18.2 Å². The number of methoxy groups -OCH3 is 1. The molecule has 0 bridgehead atoms. The molecule has 0 unspecified atom stereocenters. The van der Waals surface area contributed by atoms with Gasteiger partial charge in [-0.2, -0.15) is 0 Å². The summed E-state index contributed by atoms with van der Waals surface area (Å²) in [5.74, 6) is -0.0644. The summed E-state index contributed by atoms with van der Waals surface area (Å²) in [5, 5.41) is 3.39. The van der Waals surface area contributed by atoms with Crippen molar-refractivity contribution >= 4 is 5.97 Å². The Morgan fingerprint density at radius 1 is 1.44 bits per heavy atom. The topological polar surface area (TPSA) is 38.3 Å². The molecule has 1 aliphatic rings. The second-order valence-corrected chi connectivity index (χ2v) is 5.22. The van der Waals surface area contributed by atoms with Gasteiger partial charge in [0.15, 0.2) is 0 Å². The zero-order chi connectivity index (χ0) is 13.0. The predicted octanol–water partition coefficient (Wildman–Crippen LogP) is 2.43. The standard InChI is InChI=1S/C15H21NO2/c1-12-5-3-6-13(9-12)10-16-11-15(7-4-8-15)14(17)18-2/h3,5-6,9,16H,4,7-8,10-11H2,1-2H3. The van der Waals surface area contributed by atoms with Crippen molar-refractivity contribution in [1.82, 2.24) is 5.32 Å². The number of hydrogen-bond acceptors (Lipinski definition) is 3. The molecule has 1 saturated carbocycles. The molecular formula is C15H21NO2. The van der Waals surface area contributed by atoms with E-state index >= 15 is 0 Å². The average molecular weight is 247 g/mol. The number of nitrogens with one attached hydrogen (secondary N) is 1. The van der Waals surface area contributed by atoms with Crippen LogP contribution >= 0.6 is 0 Å². The summed E-state index contributed by atoms with van der Waals surface area (Å²) in [6, 6.07) is 8.42. The molecule has 1 aromatic carbocycles. The monoisotopic (exact) mass is 247 g/mol. The number of carbonyl (C=O) groups is 1. The van der Waals surface area contributed by atoms with Crippen LogP contribution in [-0.2, 0) is 16.1 Å². The van der Waals surface area contributed by atoms with Gasteiger partial charge in [0.2, 0.25) is 0 Å². The first kappa shape index (κ1) is 13.1. The molecule has 98 valence electrons. The van der Waals surface area contributed by atoms with Crippen molar-refractivity contribution in [2.45, 2.75) is 32.7 Å². The summed E-state index contributed by atoms with van der Waals surface area (Å²) in [5.41, 5.74) is 2.26. The third kappa shape index (κ3) is 2.72. The largest absolute Gasteiger partial charge is 0.469 e. The molecule has 1 aromatic rings. The minimum atomic E-state index is -0.265. The van der Waals surface area contributed by atoms with E-state index in [-0.39, 0.29) is 11.4 Å². The van der Waals surface area contributed by atoms with Gasteiger partial charge in [-0.25, -0.2) is 0 Å². The fourth-order valence-corrected chi connectivity index (χ4v) is 2.54. The zero-order valence-electron chi connectivity index (χ0n) is 11.2. The molecule has 2 rings (SSSR count). The predicted molar refractivity (Wildman–Crippen MR) is 71.2 cm³/mol. The quantitative estimate of drug-likeness (QED) is 0.812. The number of rotatable bonds is 5. The van der Waals surface area contributed by atoms with Crippen molar-refractivity contribution in [1.29, 1.82) is 0 Å². The van der Waals surface area contributed by atoms with Gasteiger partial charge in [-0.3, -0.25) is 4.79 Å². The maximum Gasteiger partial charge on any atom is 0.313 e. The number of esters is 1. The van der Waals surface area contributed by atoms with Crippen LogP contribution in [0, 0.1) is 12.3 Å². The smallest absolute Gasteiger partial charge is 0.313 e. The molecule has 3 heteroatoms. The minimum Gasteiger partial charge on any atom is -0.469 e. The van der Waals surface area contributed by atoms with Crippen molar-refractivity contribution in [3.63, 3.8) is 0 Å². The maximum absolute atomic E-state index is 11.8. The summed E-state index contributed by atoms with van der Waals surface area (Å²) in [6.07, 6.45) is 3.02. The molecule has 3 nitrogen and oxygen atoms in total. The van der Waals surface area contributed by atoms with Gasteiger partial charge >= 0.3 is 5.97 Å². The van der Waals surface area contributed by atoms with E-state index in [0.717, 1.165) is 25.8 Å². The van der Waals surface area contributed by atoms with E-state index in [1.54, 1.807) is 0 Å². The number of aryl methyl sites for hydroxylation is 1. The number of benzene rings is 1. The fourth-order valence-electron chi connectivity index (χ4n) is 2.54. The summed E-state index contributed by atoms with van der Waals surface area (Å²) in [6.45, 7) is 3.61. The second-order valence-electron chi connectivity index (χ2n) is 5.22.